The number of benzene rings is 1. The van der Waals surface area contributed by atoms with E-state index in [1.54, 1.807) is 6.20 Å². The summed E-state index contributed by atoms with van der Waals surface area (Å²) in [5.74, 6) is 0. The molecule has 18 heavy (non-hydrogen) atoms. The van der Waals surface area contributed by atoms with Crippen LogP contribution in [0.4, 0.5) is 0 Å². The van der Waals surface area contributed by atoms with E-state index in [1.165, 1.54) is 5.56 Å². The highest BCUT2D eigenvalue weighted by molar-refractivity contribution is 5.36. The molecule has 1 aromatic heterocycles. The molecule has 0 bridgehead atoms. The fraction of sp³-hybridized carbons (Fsp3) is 0.286. The van der Waals surface area contributed by atoms with Gasteiger partial charge in [0.15, 0.2) is 0 Å². The molecule has 1 aliphatic rings. The van der Waals surface area contributed by atoms with E-state index in [2.05, 4.69) is 22.1 Å². The number of rotatable bonds is 2. The van der Waals surface area contributed by atoms with Crippen molar-refractivity contribution in [3.05, 3.63) is 53.3 Å². The van der Waals surface area contributed by atoms with Crippen molar-refractivity contribution in [3.8, 4) is 6.01 Å². The molecule has 0 amide bonds. The number of hydrogen-bond acceptors (Lipinski definition) is 4. The summed E-state index contributed by atoms with van der Waals surface area (Å²) >= 11 is 0. The third-order valence-electron chi connectivity index (χ3n) is 3.27. The van der Waals surface area contributed by atoms with Crippen molar-refractivity contribution >= 4 is 0 Å². The molecular formula is C14H15N3O. The smallest absolute Gasteiger partial charge is 0.316 e. The second kappa shape index (κ2) is 4.38. The molecule has 0 spiro atoms. The molecule has 1 heterocycles. The quantitative estimate of drug-likeness (QED) is 0.870. The maximum absolute atomic E-state index is 6.20. The van der Waals surface area contributed by atoms with Crippen LogP contribution in [-0.2, 0) is 6.42 Å². The van der Waals surface area contributed by atoms with E-state index >= 15 is 0 Å². The maximum atomic E-state index is 6.20. The van der Waals surface area contributed by atoms with Gasteiger partial charge in [-0.05, 0) is 24.1 Å². The van der Waals surface area contributed by atoms with Crippen molar-refractivity contribution < 1.29 is 4.74 Å². The van der Waals surface area contributed by atoms with Crippen LogP contribution in [0.1, 0.15) is 22.9 Å². The molecule has 3 rings (SSSR count). The van der Waals surface area contributed by atoms with Gasteiger partial charge in [-0.3, -0.25) is 0 Å². The Morgan fingerprint density at radius 3 is 2.89 bits per heavy atom. The van der Waals surface area contributed by atoms with Crippen LogP contribution in [-0.4, -0.2) is 16.1 Å². The van der Waals surface area contributed by atoms with Crippen molar-refractivity contribution in [2.45, 2.75) is 25.5 Å². The Balaban J connectivity index is 1.81. The molecule has 0 saturated heterocycles. The maximum Gasteiger partial charge on any atom is 0.316 e. The Hall–Kier alpha value is -1.94. The molecular weight excluding hydrogens is 226 g/mol. The van der Waals surface area contributed by atoms with E-state index in [4.69, 9.17) is 10.5 Å². The minimum Gasteiger partial charge on any atom is -0.458 e. The normalized spacial score (nSPS) is 21.7. The van der Waals surface area contributed by atoms with Crippen LogP contribution < -0.4 is 10.5 Å². The lowest BCUT2D eigenvalue weighted by molar-refractivity contribution is 0.169. The summed E-state index contributed by atoms with van der Waals surface area (Å²) in [5, 5.41) is 0. The first kappa shape index (κ1) is 11.2. The summed E-state index contributed by atoms with van der Waals surface area (Å²) in [5.41, 5.74) is 9.50. The standard InChI is InChI=1S/C14H15N3O/c1-9-6-7-16-14(17-9)18-12-8-10-4-2-3-5-11(10)13(12)15/h2-7,12-13H,8,15H2,1H3. The van der Waals surface area contributed by atoms with Gasteiger partial charge in [-0.2, -0.15) is 0 Å². The summed E-state index contributed by atoms with van der Waals surface area (Å²) in [6.07, 6.45) is 2.43. The molecule has 2 atom stereocenters. The summed E-state index contributed by atoms with van der Waals surface area (Å²) in [6.45, 7) is 1.91. The van der Waals surface area contributed by atoms with Gasteiger partial charge in [0.1, 0.15) is 6.10 Å². The van der Waals surface area contributed by atoms with Crippen LogP contribution >= 0.6 is 0 Å². The van der Waals surface area contributed by atoms with Crippen LogP contribution in [0.5, 0.6) is 6.01 Å². The van der Waals surface area contributed by atoms with Crippen molar-refractivity contribution in [2.75, 3.05) is 0 Å². The lowest BCUT2D eigenvalue weighted by atomic mass is 10.1. The first-order valence-corrected chi connectivity index (χ1v) is 6.04. The minimum absolute atomic E-state index is 0.0794. The van der Waals surface area contributed by atoms with Crippen LogP contribution in [0.3, 0.4) is 0 Å². The van der Waals surface area contributed by atoms with E-state index < -0.39 is 0 Å². The van der Waals surface area contributed by atoms with Gasteiger partial charge >= 0.3 is 6.01 Å². The van der Waals surface area contributed by atoms with Gasteiger partial charge in [-0.1, -0.05) is 24.3 Å². The zero-order chi connectivity index (χ0) is 12.5. The van der Waals surface area contributed by atoms with E-state index in [9.17, 15) is 0 Å². The van der Waals surface area contributed by atoms with E-state index in [0.29, 0.717) is 6.01 Å². The van der Waals surface area contributed by atoms with Gasteiger partial charge in [0, 0.05) is 18.3 Å². The summed E-state index contributed by atoms with van der Waals surface area (Å²) in [7, 11) is 0. The van der Waals surface area contributed by atoms with E-state index in [1.807, 2.05) is 25.1 Å². The molecule has 4 heteroatoms. The lowest BCUT2D eigenvalue weighted by Crippen LogP contribution is -2.28. The minimum atomic E-state index is -0.106. The van der Waals surface area contributed by atoms with Gasteiger partial charge in [0.25, 0.3) is 0 Å². The average molecular weight is 241 g/mol. The highest BCUT2D eigenvalue weighted by atomic mass is 16.5. The fourth-order valence-electron chi connectivity index (χ4n) is 2.32. The SMILES string of the molecule is Cc1ccnc(OC2Cc3ccccc3C2N)n1. The fourth-order valence-corrected chi connectivity index (χ4v) is 2.32. The average Bonchev–Trinajstić information content (AvgIpc) is 2.67. The Labute approximate surface area is 106 Å². The first-order chi connectivity index (χ1) is 8.74. The number of nitrogens with two attached hydrogens (primary N) is 1. The molecule has 2 aromatic rings. The molecule has 4 nitrogen and oxygen atoms in total. The van der Waals surface area contributed by atoms with Crippen molar-refractivity contribution in [2.24, 2.45) is 5.73 Å². The summed E-state index contributed by atoms with van der Waals surface area (Å²) in [6, 6.07) is 10.3. The predicted octanol–water partition coefficient (Wildman–Crippen LogP) is 1.79. The van der Waals surface area contributed by atoms with Crippen LogP contribution in [0, 0.1) is 6.92 Å². The number of hydrogen-bond donors (Lipinski definition) is 1. The van der Waals surface area contributed by atoms with Gasteiger partial charge in [-0.25, -0.2) is 9.97 Å². The number of aryl methyl sites for hydroxylation is 1. The Morgan fingerprint density at radius 1 is 1.28 bits per heavy atom. The van der Waals surface area contributed by atoms with Crippen molar-refractivity contribution in [3.63, 3.8) is 0 Å². The molecule has 2 unspecified atom stereocenters. The Kier molecular flexibility index (Phi) is 2.72. The van der Waals surface area contributed by atoms with Crippen molar-refractivity contribution in [1.82, 2.24) is 9.97 Å². The van der Waals surface area contributed by atoms with Crippen LogP contribution in [0.2, 0.25) is 0 Å². The molecule has 0 aliphatic heterocycles. The topological polar surface area (TPSA) is 61.0 Å². The zero-order valence-corrected chi connectivity index (χ0v) is 10.2. The van der Waals surface area contributed by atoms with Crippen LogP contribution in [0.25, 0.3) is 0 Å². The second-order valence-electron chi connectivity index (χ2n) is 4.57. The summed E-state index contributed by atoms with van der Waals surface area (Å²) < 4.78 is 5.80. The Bertz CT molecular complexity index is 570. The molecule has 1 aliphatic carbocycles. The zero-order valence-electron chi connectivity index (χ0n) is 10.2. The molecule has 0 saturated carbocycles. The first-order valence-electron chi connectivity index (χ1n) is 6.04. The van der Waals surface area contributed by atoms with E-state index in [-0.39, 0.29) is 12.1 Å². The molecule has 92 valence electrons. The van der Waals surface area contributed by atoms with Gasteiger partial charge in [0.2, 0.25) is 0 Å². The van der Waals surface area contributed by atoms with Crippen LogP contribution in [0.15, 0.2) is 36.5 Å². The highest BCUT2D eigenvalue weighted by Crippen LogP contribution is 2.31. The molecule has 1 aromatic carbocycles. The lowest BCUT2D eigenvalue weighted by Gasteiger charge is -2.16. The monoisotopic (exact) mass is 241 g/mol. The van der Waals surface area contributed by atoms with E-state index in [0.717, 1.165) is 17.7 Å². The number of fused-ring (bicyclic) bond motifs is 1. The number of aromatic nitrogens is 2. The molecule has 2 N–H and O–H groups in total. The van der Waals surface area contributed by atoms with Crippen molar-refractivity contribution in [1.29, 1.82) is 0 Å². The predicted molar refractivity (Wildman–Crippen MR) is 68.3 cm³/mol. The number of ether oxygens (including phenoxy) is 1. The Morgan fingerprint density at radius 2 is 2.11 bits per heavy atom. The second-order valence-corrected chi connectivity index (χ2v) is 4.57. The highest BCUT2D eigenvalue weighted by Gasteiger charge is 2.31. The van der Waals surface area contributed by atoms with Gasteiger partial charge in [-0.15, -0.1) is 0 Å². The van der Waals surface area contributed by atoms with Gasteiger partial charge < -0.3 is 10.5 Å². The molecule has 0 radical (unpaired) electrons. The summed E-state index contributed by atoms with van der Waals surface area (Å²) in [4.78, 5) is 8.36. The number of nitrogens with zero attached hydrogens (tertiary/aromatic N) is 2. The largest absolute Gasteiger partial charge is 0.458 e. The molecule has 0 fully saturated rings. The van der Waals surface area contributed by atoms with Gasteiger partial charge in [0.05, 0.1) is 6.04 Å². The third-order valence-corrected chi connectivity index (χ3v) is 3.27. The third kappa shape index (κ3) is 1.95.